The van der Waals surface area contributed by atoms with E-state index in [9.17, 15) is 97.8 Å². The van der Waals surface area contributed by atoms with E-state index in [1.165, 1.54) is 6.92 Å². The molecule has 86 heavy (non-hydrogen) atoms. The summed E-state index contributed by atoms with van der Waals surface area (Å²) < 4.78 is 23.2. The lowest BCUT2D eigenvalue weighted by atomic mass is 9.94. The number of nitrogens with one attached hydrogen (secondary N) is 12. The number of carboxylic acid groups (broad SMARTS) is 2. The Labute approximate surface area is 490 Å². The van der Waals surface area contributed by atoms with E-state index < -0.39 is 233 Å². The van der Waals surface area contributed by atoms with Gasteiger partial charge < -0.3 is 124 Å². The van der Waals surface area contributed by atoms with Crippen molar-refractivity contribution in [2.45, 2.75) is 158 Å². The van der Waals surface area contributed by atoms with Gasteiger partial charge in [-0.25, -0.2) is 4.79 Å². The molecule has 2 aliphatic heterocycles. The molecule has 15 unspecified atom stereocenters. The van der Waals surface area contributed by atoms with Crippen LogP contribution in [0.25, 0.3) is 0 Å². The first kappa shape index (κ1) is 74.3. The van der Waals surface area contributed by atoms with Crippen LogP contribution in [0.3, 0.4) is 0 Å². The van der Waals surface area contributed by atoms with Gasteiger partial charge in [-0.3, -0.25) is 62.3 Å². The molecule has 15 atom stereocenters. The third-order valence-electron chi connectivity index (χ3n) is 12.5. The molecule has 2 aliphatic rings. The Morgan fingerprint density at radius 1 is 0.523 bits per heavy atom. The van der Waals surface area contributed by atoms with Gasteiger partial charge in [-0.2, -0.15) is 0 Å². The SMILES string of the molecule is CC(=O)NC1C(OC2C(CO)OC(O)C(NC(C)=O)C2OC(C)C(=O)NC(C)C(=O)NC(CCC(=O)NC(CCCCNC(=O)CNC(=O)CNC(=O)CNC(=O)CNC(=O)CN)C(=O)NC(C)C(=O)NCC(=O)O)C(=O)O)OC(CO)C(O)C1O. The van der Waals surface area contributed by atoms with Crippen molar-refractivity contribution in [1.82, 2.24) is 63.8 Å². The Bertz CT molecular complexity index is 2390. The minimum Gasteiger partial charge on any atom is -0.480 e. The number of carboxylic acids is 2. The van der Waals surface area contributed by atoms with Crippen LogP contribution in [0.15, 0.2) is 0 Å². The maximum Gasteiger partial charge on any atom is 0.326 e. The second-order valence-electron chi connectivity index (χ2n) is 19.5. The standard InChI is InChI=1S/C48H79N13O25/c1-20(42(76)55-17-35(72)73)57-45(79)25(8-6-7-11-50-31(68)13-52-33(70)15-54-34(71)16-53-32(69)14-51-30(67)12-49)60-29(66)10-9-26(46(80)81)61-43(77)21(2)56-44(78)22(3)83-41-37(59-24(5)65)47(82)84-28(19-63)40(41)86-48-36(58-23(4)64)39(75)38(74)27(18-62)85-48/h20-22,25-28,36-41,47-48,62-63,74-75,82H,6-19,49H2,1-5H3,(H,50,68)(H,51,67)(H,52,70)(H,53,69)(H,54,71)(H,55,76)(H,56,78)(H,57,79)(H,58,64)(H,59,65)(H,60,66)(H,61,77)(H,72,73)(H,80,81). The first-order valence-corrected chi connectivity index (χ1v) is 26.8. The number of ether oxygens (including phenoxy) is 4. The van der Waals surface area contributed by atoms with Crippen LogP contribution in [-0.2, 0) is 86.1 Å². The highest BCUT2D eigenvalue weighted by molar-refractivity contribution is 5.94. The maximum absolute atomic E-state index is 13.6. The molecule has 0 aliphatic carbocycles. The number of aliphatic carboxylic acids is 2. The van der Waals surface area contributed by atoms with Gasteiger partial charge in [-0.05, 0) is 46.5 Å². The van der Waals surface area contributed by atoms with E-state index >= 15 is 0 Å². The normalized spacial score (nSPS) is 23.3. The molecule has 0 saturated carbocycles. The topological polar surface area (TPSA) is 588 Å². The van der Waals surface area contributed by atoms with Crippen LogP contribution in [0, 0.1) is 0 Å². The van der Waals surface area contributed by atoms with Crippen molar-refractivity contribution >= 4 is 82.8 Å². The number of carbonyl (C=O) groups is 14. The van der Waals surface area contributed by atoms with E-state index in [4.69, 9.17) is 29.8 Å². The fourth-order valence-electron chi connectivity index (χ4n) is 8.02. The highest BCUT2D eigenvalue weighted by Crippen LogP contribution is 2.31. The Morgan fingerprint density at radius 2 is 1.05 bits per heavy atom. The number of amides is 12. The summed E-state index contributed by atoms with van der Waals surface area (Å²) in [5.41, 5.74) is 5.12. The summed E-state index contributed by atoms with van der Waals surface area (Å²) in [5.74, 6) is -12.9. The van der Waals surface area contributed by atoms with E-state index in [-0.39, 0.29) is 32.4 Å². The van der Waals surface area contributed by atoms with Gasteiger partial charge in [0.25, 0.3) is 0 Å². The summed E-state index contributed by atoms with van der Waals surface area (Å²) in [6.45, 7) is 0.661. The predicted octanol–water partition coefficient (Wildman–Crippen LogP) is -11.9. The number of aliphatic hydroxyl groups is 5. The van der Waals surface area contributed by atoms with Crippen LogP contribution in [0.5, 0.6) is 0 Å². The first-order valence-electron chi connectivity index (χ1n) is 26.8. The Balaban J connectivity index is 2.09. The van der Waals surface area contributed by atoms with Crippen molar-refractivity contribution in [2.75, 3.05) is 59.0 Å². The number of rotatable bonds is 36. The molecule has 2 heterocycles. The minimum atomic E-state index is -1.94. The molecule has 0 radical (unpaired) electrons. The van der Waals surface area contributed by atoms with Gasteiger partial charge in [0.05, 0.1) is 45.9 Å². The molecule has 0 spiro atoms. The Hall–Kier alpha value is -7.82. The van der Waals surface area contributed by atoms with Gasteiger partial charge >= 0.3 is 11.9 Å². The lowest BCUT2D eigenvalue weighted by molar-refractivity contribution is -0.333. The smallest absolute Gasteiger partial charge is 0.326 e. The number of aliphatic hydroxyl groups excluding tert-OH is 5. The van der Waals surface area contributed by atoms with Crippen LogP contribution >= 0.6 is 0 Å². The summed E-state index contributed by atoms with van der Waals surface area (Å²) in [5, 5.41) is 98.8. The van der Waals surface area contributed by atoms with Gasteiger partial charge in [0.2, 0.25) is 70.9 Å². The second-order valence-corrected chi connectivity index (χ2v) is 19.5. The number of carbonyl (C=O) groups excluding carboxylic acids is 12. The fourth-order valence-corrected chi connectivity index (χ4v) is 8.02. The van der Waals surface area contributed by atoms with E-state index in [1.807, 2.05) is 0 Å². The van der Waals surface area contributed by atoms with Gasteiger partial charge in [0, 0.05) is 26.8 Å². The molecule has 2 rings (SSSR count). The lowest BCUT2D eigenvalue weighted by Crippen LogP contribution is -2.70. The van der Waals surface area contributed by atoms with Crippen molar-refractivity contribution in [2.24, 2.45) is 5.73 Å². The molecule has 2 saturated heterocycles. The summed E-state index contributed by atoms with van der Waals surface area (Å²) in [4.78, 5) is 173. The molecule has 38 nitrogen and oxygen atoms in total. The number of hydrogen-bond donors (Lipinski definition) is 20. The molecule has 38 heteroatoms. The van der Waals surface area contributed by atoms with Crippen LogP contribution in [0.2, 0.25) is 0 Å². The zero-order chi connectivity index (χ0) is 65.0. The fraction of sp³-hybridized carbons (Fsp3) is 0.708. The second kappa shape index (κ2) is 37.6. The molecule has 21 N–H and O–H groups in total. The van der Waals surface area contributed by atoms with Crippen LogP contribution < -0.4 is 69.5 Å². The average Bonchev–Trinajstić information content (AvgIpc) is 2.05. The monoisotopic (exact) mass is 1240 g/mol. The molecule has 2 fully saturated rings. The van der Waals surface area contributed by atoms with E-state index in [0.717, 1.165) is 27.7 Å². The summed E-state index contributed by atoms with van der Waals surface area (Å²) in [7, 11) is 0. The van der Waals surface area contributed by atoms with Gasteiger partial charge in [-0.1, -0.05) is 0 Å². The Morgan fingerprint density at radius 3 is 1.57 bits per heavy atom. The van der Waals surface area contributed by atoms with Crippen LogP contribution in [0.4, 0.5) is 0 Å². The zero-order valence-corrected chi connectivity index (χ0v) is 47.6. The number of nitrogens with two attached hydrogens (primary N) is 1. The van der Waals surface area contributed by atoms with Gasteiger partial charge in [0.15, 0.2) is 12.6 Å². The molecule has 486 valence electrons. The van der Waals surface area contributed by atoms with Gasteiger partial charge in [-0.15, -0.1) is 0 Å². The minimum absolute atomic E-state index is 0.0250. The molecule has 12 amide bonds. The van der Waals surface area contributed by atoms with Crippen molar-refractivity contribution in [3.05, 3.63) is 0 Å². The zero-order valence-electron chi connectivity index (χ0n) is 47.6. The Kier molecular flexibility index (Phi) is 32.5. The number of unbranched alkanes of at least 4 members (excludes halogenated alkanes) is 1. The molecule has 0 aromatic carbocycles. The highest BCUT2D eigenvalue weighted by Gasteiger charge is 2.53. The maximum atomic E-state index is 13.6. The molecule has 0 bridgehead atoms. The van der Waals surface area contributed by atoms with E-state index in [2.05, 4.69) is 63.8 Å². The lowest BCUT2D eigenvalue weighted by Gasteiger charge is -2.48. The summed E-state index contributed by atoms with van der Waals surface area (Å²) in [6, 6.07) is -9.21. The average molecular weight is 1240 g/mol. The van der Waals surface area contributed by atoms with Crippen molar-refractivity contribution < 1.29 is 122 Å². The van der Waals surface area contributed by atoms with Crippen molar-refractivity contribution in [3.8, 4) is 0 Å². The highest BCUT2D eigenvalue weighted by atomic mass is 16.7. The molecular formula is C48H79N13O25. The third kappa shape index (κ3) is 26.2. The van der Waals surface area contributed by atoms with E-state index in [0.29, 0.717) is 0 Å². The van der Waals surface area contributed by atoms with Crippen molar-refractivity contribution in [1.29, 1.82) is 0 Å². The van der Waals surface area contributed by atoms with Crippen LogP contribution in [0.1, 0.15) is 66.7 Å². The molecule has 0 aromatic rings. The van der Waals surface area contributed by atoms with E-state index in [1.54, 1.807) is 0 Å². The molecule has 0 aromatic heterocycles. The van der Waals surface area contributed by atoms with Gasteiger partial charge in [0.1, 0.15) is 85.5 Å². The first-order chi connectivity index (χ1) is 40.4. The van der Waals surface area contributed by atoms with Crippen LogP contribution in [-0.4, -0.2) is 269 Å². The molecular weight excluding hydrogens is 1160 g/mol. The third-order valence-corrected chi connectivity index (χ3v) is 12.5. The van der Waals surface area contributed by atoms with Crippen molar-refractivity contribution in [3.63, 3.8) is 0 Å². The summed E-state index contributed by atoms with van der Waals surface area (Å²) in [6.07, 6.45) is -16.4. The largest absolute Gasteiger partial charge is 0.480 e. The predicted molar refractivity (Wildman–Crippen MR) is 285 cm³/mol. The number of hydrogen-bond acceptors (Lipinski definition) is 24. The quantitative estimate of drug-likeness (QED) is 0.0259. The summed E-state index contributed by atoms with van der Waals surface area (Å²) >= 11 is 0.